The predicted octanol–water partition coefficient (Wildman–Crippen LogP) is 8.31. The molecule has 0 amide bonds. The first-order chi connectivity index (χ1) is 22.7. The van der Waals surface area contributed by atoms with Gasteiger partial charge in [-0.1, -0.05) is 50.0 Å². The van der Waals surface area contributed by atoms with Crippen molar-refractivity contribution >= 4 is 46.5 Å². The van der Waals surface area contributed by atoms with E-state index in [4.69, 9.17) is 16.6 Å². The summed E-state index contributed by atoms with van der Waals surface area (Å²) in [5, 5.41) is 14.1. The van der Waals surface area contributed by atoms with Crippen LogP contribution in [0.15, 0.2) is 103 Å². The summed E-state index contributed by atoms with van der Waals surface area (Å²) in [6, 6.07) is 15.2. The maximum atomic E-state index is 6.64. The summed E-state index contributed by atoms with van der Waals surface area (Å²) in [6.07, 6.45) is 9.76. The summed E-state index contributed by atoms with van der Waals surface area (Å²) < 4.78 is 0. The van der Waals surface area contributed by atoms with Gasteiger partial charge in [-0.05, 0) is 86.1 Å². The number of hydrogen-bond donors (Lipinski definition) is 4. The van der Waals surface area contributed by atoms with Crippen molar-refractivity contribution in [1.82, 2.24) is 20.6 Å². The molecule has 0 saturated carbocycles. The van der Waals surface area contributed by atoms with Crippen LogP contribution >= 0.6 is 11.6 Å². The Hall–Kier alpha value is -4.69. The lowest BCUT2D eigenvalue weighted by atomic mass is 9.88. The topological polar surface area (TPSA) is 80.4 Å². The Bertz CT molecular complexity index is 1740. The van der Waals surface area contributed by atoms with Crippen molar-refractivity contribution < 1.29 is 0 Å². The Balaban J connectivity index is 1.14. The van der Waals surface area contributed by atoms with E-state index in [1.54, 1.807) is 6.20 Å². The molecule has 3 aromatic rings. The zero-order chi connectivity index (χ0) is 33.1. The van der Waals surface area contributed by atoms with Gasteiger partial charge in [0, 0.05) is 84.6 Å². The second-order valence-corrected chi connectivity index (χ2v) is 13.0. The molecule has 0 radical (unpaired) electrons. The minimum Gasteiger partial charge on any atom is -0.392 e. The van der Waals surface area contributed by atoms with Crippen LogP contribution in [0.5, 0.6) is 0 Å². The van der Waals surface area contributed by atoms with E-state index in [1.165, 1.54) is 11.1 Å². The van der Waals surface area contributed by atoms with Gasteiger partial charge in [0.1, 0.15) is 5.02 Å². The van der Waals surface area contributed by atoms with Crippen LogP contribution in [0.3, 0.4) is 0 Å². The zero-order valence-corrected chi connectivity index (χ0v) is 28.3. The third-order valence-electron chi connectivity index (χ3n) is 9.50. The molecule has 1 aromatic heterocycles. The quantitative estimate of drug-likeness (QED) is 0.165. The molecule has 4 N–H and O–H groups in total. The molecule has 2 aromatic carbocycles. The van der Waals surface area contributed by atoms with Gasteiger partial charge in [-0.15, -0.1) is 0 Å². The third-order valence-corrected chi connectivity index (χ3v) is 9.77. The molecule has 3 aliphatic rings. The molecule has 1 unspecified atom stereocenters. The second-order valence-electron chi connectivity index (χ2n) is 12.6. The fourth-order valence-corrected chi connectivity index (χ4v) is 6.82. The van der Waals surface area contributed by atoms with Gasteiger partial charge in [0.2, 0.25) is 5.95 Å². The number of halogens is 1. The molecule has 0 bridgehead atoms. The summed E-state index contributed by atoms with van der Waals surface area (Å²) in [7, 11) is 3.96. The first kappa shape index (κ1) is 32.3. The van der Waals surface area contributed by atoms with Crippen LogP contribution in [0.4, 0.5) is 28.8 Å². The second kappa shape index (κ2) is 14.0. The molecule has 2 atom stereocenters. The minimum atomic E-state index is 0.261. The predicted molar refractivity (Wildman–Crippen MR) is 198 cm³/mol. The van der Waals surface area contributed by atoms with Crippen molar-refractivity contribution in [3.8, 4) is 0 Å². The van der Waals surface area contributed by atoms with Crippen molar-refractivity contribution in [2.24, 2.45) is 0 Å². The highest BCUT2D eigenvalue weighted by Gasteiger charge is 2.28. The first-order valence-corrected chi connectivity index (χ1v) is 16.7. The Kier molecular flexibility index (Phi) is 9.59. The number of rotatable bonds is 11. The van der Waals surface area contributed by atoms with Gasteiger partial charge in [-0.2, -0.15) is 4.98 Å². The van der Waals surface area contributed by atoms with Crippen LogP contribution in [0.25, 0.3) is 6.08 Å². The lowest BCUT2D eigenvalue weighted by molar-refractivity contribution is 0.593. The fourth-order valence-electron chi connectivity index (χ4n) is 6.68. The first-order valence-electron chi connectivity index (χ1n) is 16.4. The van der Waals surface area contributed by atoms with E-state index in [0.717, 1.165) is 97.0 Å². The van der Waals surface area contributed by atoms with E-state index in [0.29, 0.717) is 16.8 Å². The number of hydrogen-bond acceptors (Lipinski definition) is 8. The van der Waals surface area contributed by atoms with Crippen molar-refractivity contribution in [3.05, 3.63) is 119 Å². The zero-order valence-electron chi connectivity index (χ0n) is 27.5. The number of aromatic nitrogens is 2. The molecule has 2 saturated heterocycles. The molecule has 9 heteroatoms. The molecule has 2 fully saturated rings. The van der Waals surface area contributed by atoms with Crippen LogP contribution in [0, 0.1) is 0 Å². The van der Waals surface area contributed by atoms with E-state index in [2.05, 4.69) is 112 Å². The third kappa shape index (κ3) is 7.18. The van der Waals surface area contributed by atoms with Crippen LogP contribution in [0.1, 0.15) is 55.6 Å². The van der Waals surface area contributed by atoms with Crippen molar-refractivity contribution in [1.29, 1.82) is 0 Å². The molecular formula is C38H45ClN8. The standard InChI is InChI=1S/C38H45ClN8/c1-24(40-5)12-14-28-19-30-21-32(15-17-36(30)46(6)27(28)4)44-37-35(39)23-42-38(45-37)47-18-8-11-33(47)22-41-31-10-7-9-29(20-31)34-16-13-25(2)43-26(34)3/h7,9-10,15,17,19-21,23,33-34,40-41,43H,1-4,8,11-14,16,18,22H2,5-6H3,(H,42,44,45)/t33-,34?/m1/s1. The molecule has 47 heavy (non-hydrogen) atoms. The number of benzene rings is 2. The molecule has 244 valence electrons. The number of allylic oxidation sites excluding steroid dienone is 4. The van der Waals surface area contributed by atoms with Gasteiger partial charge in [-0.3, -0.25) is 0 Å². The number of fused-ring (bicyclic) bond motifs is 1. The number of anilines is 5. The number of piperidine rings is 1. The Morgan fingerprint density at radius 3 is 2.77 bits per heavy atom. The molecular weight excluding hydrogens is 604 g/mol. The van der Waals surface area contributed by atoms with Gasteiger partial charge < -0.3 is 31.1 Å². The minimum absolute atomic E-state index is 0.261. The highest BCUT2D eigenvalue weighted by molar-refractivity contribution is 6.32. The Labute approximate surface area is 284 Å². The van der Waals surface area contributed by atoms with Gasteiger partial charge in [0.15, 0.2) is 5.82 Å². The van der Waals surface area contributed by atoms with E-state index in [1.807, 2.05) is 13.1 Å². The van der Waals surface area contributed by atoms with Crippen molar-refractivity contribution in [3.63, 3.8) is 0 Å². The van der Waals surface area contributed by atoms with E-state index in [-0.39, 0.29) is 12.0 Å². The van der Waals surface area contributed by atoms with Gasteiger partial charge >= 0.3 is 0 Å². The fraction of sp³-hybridized carbons (Fsp3) is 0.316. The van der Waals surface area contributed by atoms with Crippen molar-refractivity contribution in [2.75, 3.05) is 47.6 Å². The number of nitrogens with zero attached hydrogens (tertiary/aromatic N) is 4. The average Bonchev–Trinajstić information content (AvgIpc) is 3.54. The maximum Gasteiger partial charge on any atom is 0.227 e. The average molecular weight is 649 g/mol. The number of likely N-dealkylation sites (N-methyl/N-ethyl adjacent to an activating group) is 1. The summed E-state index contributed by atoms with van der Waals surface area (Å²) in [5.74, 6) is 1.56. The van der Waals surface area contributed by atoms with Crippen LogP contribution < -0.4 is 31.1 Å². The highest BCUT2D eigenvalue weighted by atomic mass is 35.5. The summed E-state index contributed by atoms with van der Waals surface area (Å²) >= 11 is 6.64. The van der Waals surface area contributed by atoms with E-state index >= 15 is 0 Å². The molecule has 4 heterocycles. The summed E-state index contributed by atoms with van der Waals surface area (Å²) in [5.41, 5.74) is 10.8. The molecule has 0 spiro atoms. The normalized spacial score (nSPS) is 19.2. The summed E-state index contributed by atoms with van der Waals surface area (Å²) in [6.45, 7) is 18.4. The monoisotopic (exact) mass is 648 g/mol. The lowest BCUT2D eigenvalue weighted by Gasteiger charge is -2.30. The number of nitrogens with one attached hydrogen (secondary N) is 4. The summed E-state index contributed by atoms with van der Waals surface area (Å²) in [4.78, 5) is 14.0. The molecule has 3 aliphatic heterocycles. The van der Waals surface area contributed by atoms with E-state index in [9.17, 15) is 0 Å². The lowest BCUT2D eigenvalue weighted by Crippen LogP contribution is -2.36. The Morgan fingerprint density at radius 1 is 1.11 bits per heavy atom. The largest absolute Gasteiger partial charge is 0.392 e. The molecule has 8 nitrogen and oxygen atoms in total. The maximum absolute atomic E-state index is 6.64. The van der Waals surface area contributed by atoms with Crippen molar-refractivity contribution in [2.45, 2.75) is 50.5 Å². The van der Waals surface area contributed by atoms with Crippen LogP contribution in [-0.2, 0) is 0 Å². The molecule has 6 rings (SSSR count). The highest BCUT2D eigenvalue weighted by Crippen LogP contribution is 2.38. The van der Waals surface area contributed by atoms with Crippen LogP contribution in [0.2, 0.25) is 5.02 Å². The smallest absolute Gasteiger partial charge is 0.227 e. The van der Waals surface area contributed by atoms with Gasteiger partial charge in [-0.25, -0.2) is 4.98 Å². The Morgan fingerprint density at radius 2 is 1.96 bits per heavy atom. The van der Waals surface area contributed by atoms with Crippen LogP contribution in [-0.4, -0.2) is 43.2 Å². The van der Waals surface area contributed by atoms with E-state index < -0.39 is 0 Å². The molecule has 0 aliphatic carbocycles. The SMILES string of the molecule is C=C(CCC1=Cc2cc(Nc3nc(N4CCC[C@@H]4CNc4cccc(C5CCC(=C)NC5=C)c4)ncc3Cl)ccc2N(C)C1=C)NC. The van der Waals surface area contributed by atoms with Gasteiger partial charge in [0.05, 0.1) is 6.20 Å². The van der Waals surface area contributed by atoms with Gasteiger partial charge in [0.25, 0.3) is 0 Å².